The first kappa shape index (κ1) is 12.8. The van der Waals surface area contributed by atoms with E-state index in [0.717, 1.165) is 34.8 Å². The number of aryl methyl sites for hydroxylation is 1. The monoisotopic (exact) mass is 265 g/mol. The minimum atomic E-state index is -0.978. The van der Waals surface area contributed by atoms with Crippen molar-refractivity contribution in [1.29, 1.82) is 0 Å². The van der Waals surface area contributed by atoms with Crippen molar-refractivity contribution in [2.75, 3.05) is 0 Å². The van der Waals surface area contributed by atoms with Gasteiger partial charge in [0, 0.05) is 11.1 Å². The summed E-state index contributed by atoms with van der Waals surface area (Å²) in [5, 5.41) is 15.2. The van der Waals surface area contributed by atoms with E-state index in [1.165, 1.54) is 5.56 Å². The van der Waals surface area contributed by atoms with Crippen LogP contribution in [0.15, 0.2) is 5.38 Å². The summed E-state index contributed by atoms with van der Waals surface area (Å²) >= 11 is 1.15. The van der Waals surface area contributed by atoms with E-state index in [1.54, 1.807) is 5.38 Å². The Kier molecular flexibility index (Phi) is 3.47. The van der Waals surface area contributed by atoms with Crippen molar-refractivity contribution >= 4 is 17.3 Å². The molecule has 2 rings (SSSR count). The van der Waals surface area contributed by atoms with Crippen molar-refractivity contribution in [2.24, 2.45) is 0 Å². The Morgan fingerprint density at radius 1 is 1.50 bits per heavy atom. The van der Waals surface area contributed by atoms with Crippen LogP contribution < -0.4 is 0 Å². The summed E-state index contributed by atoms with van der Waals surface area (Å²) < 4.78 is 1.88. The molecule has 0 aliphatic rings. The molecule has 0 amide bonds. The normalized spacial score (nSPS) is 10.8. The predicted octanol–water partition coefficient (Wildman–Crippen LogP) is 2.27. The predicted molar refractivity (Wildman–Crippen MR) is 69.3 cm³/mol. The highest BCUT2D eigenvalue weighted by molar-refractivity contribution is 7.11. The summed E-state index contributed by atoms with van der Waals surface area (Å²) in [5.41, 5.74) is 4.15. The van der Waals surface area contributed by atoms with Gasteiger partial charge in [0.1, 0.15) is 0 Å². The molecule has 6 heteroatoms. The summed E-state index contributed by atoms with van der Waals surface area (Å²) in [4.78, 5) is 14.8. The van der Waals surface area contributed by atoms with Gasteiger partial charge in [-0.05, 0) is 25.8 Å². The van der Waals surface area contributed by atoms with Crippen LogP contribution >= 0.6 is 11.3 Å². The van der Waals surface area contributed by atoms with Gasteiger partial charge in [-0.25, -0.2) is 9.78 Å². The van der Waals surface area contributed by atoms with Crippen LogP contribution in [0.4, 0.5) is 0 Å². The Labute approximate surface area is 109 Å². The molecule has 0 saturated heterocycles. The first-order valence-corrected chi connectivity index (χ1v) is 6.61. The highest BCUT2D eigenvalue weighted by atomic mass is 32.1. The fourth-order valence-electron chi connectivity index (χ4n) is 2.03. The highest BCUT2D eigenvalue weighted by Gasteiger charge is 2.13. The molecule has 0 radical (unpaired) electrons. The summed E-state index contributed by atoms with van der Waals surface area (Å²) in [7, 11) is 0. The molecule has 96 valence electrons. The molecule has 5 nitrogen and oxygen atoms in total. The fraction of sp³-hybridized carbons (Fsp3) is 0.417. The Morgan fingerprint density at radius 2 is 2.22 bits per heavy atom. The average Bonchev–Trinajstić information content (AvgIpc) is 2.86. The Morgan fingerprint density at radius 3 is 2.72 bits per heavy atom. The number of carboxylic acid groups (broad SMARTS) is 1. The molecule has 0 aliphatic carbocycles. The quantitative estimate of drug-likeness (QED) is 0.920. The summed E-state index contributed by atoms with van der Waals surface area (Å²) in [6.45, 7) is 6.65. The molecule has 0 spiro atoms. The standard InChI is InChI=1S/C12H15N3O2S/c1-4-10-7(2)14-15(8(10)3)5-9-6-18-11(13-9)12(16)17/h6H,4-5H2,1-3H3,(H,16,17). The summed E-state index contributed by atoms with van der Waals surface area (Å²) in [6, 6.07) is 0. The van der Waals surface area contributed by atoms with Crippen molar-refractivity contribution < 1.29 is 9.90 Å². The van der Waals surface area contributed by atoms with Gasteiger partial charge in [0.05, 0.1) is 17.9 Å². The zero-order chi connectivity index (χ0) is 13.3. The maximum Gasteiger partial charge on any atom is 0.365 e. The third-order valence-electron chi connectivity index (χ3n) is 2.93. The van der Waals surface area contributed by atoms with Crippen LogP contribution in [-0.2, 0) is 13.0 Å². The van der Waals surface area contributed by atoms with Gasteiger partial charge < -0.3 is 5.11 Å². The van der Waals surface area contributed by atoms with Gasteiger partial charge in [-0.1, -0.05) is 6.92 Å². The van der Waals surface area contributed by atoms with E-state index in [4.69, 9.17) is 5.11 Å². The van der Waals surface area contributed by atoms with E-state index in [9.17, 15) is 4.79 Å². The number of rotatable bonds is 4. The van der Waals surface area contributed by atoms with Gasteiger partial charge in [0.15, 0.2) is 0 Å². The van der Waals surface area contributed by atoms with E-state index in [2.05, 4.69) is 17.0 Å². The van der Waals surface area contributed by atoms with E-state index < -0.39 is 5.97 Å². The summed E-state index contributed by atoms with van der Waals surface area (Å²) in [5.74, 6) is -0.978. The number of hydrogen-bond donors (Lipinski definition) is 1. The number of hydrogen-bond acceptors (Lipinski definition) is 4. The molecule has 0 unspecified atom stereocenters. The van der Waals surface area contributed by atoms with Gasteiger partial charge in [-0.15, -0.1) is 11.3 Å². The second kappa shape index (κ2) is 4.89. The largest absolute Gasteiger partial charge is 0.476 e. The van der Waals surface area contributed by atoms with E-state index >= 15 is 0 Å². The number of nitrogens with zero attached hydrogens (tertiary/aromatic N) is 3. The number of carboxylic acids is 1. The zero-order valence-electron chi connectivity index (χ0n) is 10.6. The third kappa shape index (κ3) is 2.28. The van der Waals surface area contributed by atoms with E-state index in [1.807, 2.05) is 18.5 Å². The molecule has 1 N–H and O–H groups in total. The third-order valence-corrected chi connectivity index (χ3v) is 3.81. The second-order valence-corrected chi connectivity index (χ2v) is 4.97. The minimum absolute atomic E-state index is 0.127. The fourth-order valence-corrected chi connectivity index (χ4v) is 2.68. The van der Waals surface area contributed by atoms with Crippen LogP contribution in [-0.4, -0.2) is 25.8 Å². The lowest BCUT2D eigenvalue weighted by Crippen LogP contribution is -2.05. The lowest BCUT2D eigenvalue weighted by Gasteiger charge is -2.02. The van der Waals surface area contributed by atoms with Crippen LogP contribution in [0, 0.1) is 13.8 Å². The van der Waals surface area contributed by atoms with Gasteiger partial charge in [0.2, 0.25) is 5.01 Å². The number of carbonyl (C=O) groups is 1. The first-order valence-electron chi connectivity index (χ1n) is 5.73. The average molecular weight is 265 g/mol. The molecule has 18 heavy (non-hydrogen) atoms. The second-order valence-electron chi connectivity index (χ2n) is 4.11. The number of aromatic nitrogens is 3. The summed E-state index contributed by atoms with van der Waals surface area (Å²) in [6.07, 6.45) is 0.953. The Bertz CT molecular complexity index is 586. The molecule has 0 atom stereocenters. The molecule has 0 aliphatic heterocycles. The van der Waals surface area contributed by atoms with Crippen LogP contribution in [0.3, 0.4) is 0 Å². The topological polar surface area (TPSA) is 68.0 Å². The van der Waals surface area contributed by atoms with Crippen LogP contribution in [0.1, 0.15) is 39.4 Å². The lowest BCUT2D eigenvalue weighted by molar-refractivity contribution is 0.0696. The Hall–Kier alpha value is -1.69. The van der Waals surface area contributed by atoms with Gasteiger partial charge in [-0.2, -0.15) is 5.10 Å². The van der Waals surface area contributed by atoms with E-state index in [0.29, 0.717) is 6.54 Å². The molecule has 0 aromatic carbocycles. The molecule has 2 heterocycles. The number of aromatic carboxylic acids is 1. The molecular weight excluding hydrogens is 250 g/mol. The molecule has 2 aromatic rings. The minimum Gasteiger partial charge on any atom is -0.476 e. The van der Waals surface area contributed by atoms with Crippen molar-refractivity contribution in [3.8, 4) is 0 Å². The van der Waals surface area contributed by atoms with E-state index in [-0.39, 0.29) is 5.01 Å². The zero-order valence-corrected chi connectivity index (χ0v) is 11.4. The molecule has 0 bridgehead atoms. The van der Waals surface area contributed by atoms with Crippen molar-refractivity contribution in [1.82, 2.24) is 14.8 Å². The molecule has 2 aromatic heterocycles. The Balaban J connectivity index is 2.25. The maximum absolute atomic E-state index is 10.8. The van der Waals surface area contributed by atoms with Crippen molar-refractivity contribution in [3.05, 3.63) is 33.0 Å². The lowest BCUT2D eigenvalue weighted by atomic mass is 10.1. The molecular formula is C12H15N3O2S. The van der Waals surface area contributed by atoms with Crippen LogP contribution in [0.2, 0.25) is 0 Å². The van der Waals surface area contributed by atoms with Gasteiger partial charge in [0.25, 0.3) is 0 Å². The maximum atomic E-state index is 10.8. The number of thiazole rings is 1. The van der Waals surface area contributed by atoms with Crippen LogP contribution in [0.25, 0.3) is 0 Å². The van der Waals surface area contributed by atoms with Crippen molar-refractivity contribution in [2.45, 2.75) is 33.7 Å². The van der Waals surface area contributed by atoms with Crippen LogP contribution in [0.5, 0.6) is 0 Å². The van der Waals surface area contributed by atoms with Crippen molar-refractivity contribution in [3.63, 3.8) is 0 Å². The van der Waals surface area contributed by atoms with Gasteiger partial charge >= 0.3 is 5.97 Å². The van der Waals surface area contributed by atoms with Gasteiger partial charge in [-0.3, -0.25) is 4.68 Å². The molecule has 0 saturated carbocycles. The smallest absolute Gasteiger partial charge is 0.365 e. The SMILES string of the molecule is CCc1c(C)nn(Cc2csc(C(=O)O)n2)c1C. The first-order chi connectivity index (χ1) is 8.52. The molecule has 0 fully saturated rings. The highest BCUT2D eigenvalue weighted by Crippen LogP contribution is 2.16.